The average molecular weight is 668 g/mol. The molecule has 0 saturated carbocycles. The number of rotatable bonds is 4. The molecule has 0 aromatic heterocycles. The summed E-state index contributed by atoms with van der Waals surface area (Å²) in [6.45, 7) is 0. The fourth-order valence-electron chi connectivity index (χ4n) is 10.5. The van der Waals surface area contributed by atoms with Gasteiger partial charge in [0.15, 0.2) is 0 Å². The molecule has 0 saturated heterocycles. The summed E-state index contributed by atoms with van der Waals surface area (Å²) in [4.78, 5) is 2.63. The molecule has 1 nitrogen and oxygen atoms in total. The van der Waals surface area contributed by atoms with Gasteiger partial charge in [0, 0.05) is 16.9 Å². The normalized spacial score (nSPS) is 15.6. The van der Waals surface area contributed by atoms with E-state index >= 15 is 0 Å². The summed E-state index contributed by atoms with van der Waals surface area (Å²) in [7, 11) is 0. The number of nitrogens with zero attached hydrogens (tertiary/aromatic N) is 1. The van der Waals surface area contributed by atoms with Gasteiger partial charge in [-0.1, -0.05) is 121 Å². The third-order valence-electron chi connectivity index (χ3n) is 12.7. The number of fused-ring (bicyclic) bond motifs is 12. The molecule has 0 bridgehead atoms. The van der Waals surface area contributed by atoms with Crippen molar-refractivity contribution in [2.75, 3.05) is 4.90 Å². The van der Waals surface area contributed by atoms with Crippen LogP contribution in [-0.2, 0) is 31.1 Å². The first-order valence-corrected chi connectivity index (χ1v) is 19.4. The van der Waals surface area contributed by atoms with Crippen molar-refractivity contribution in [3.05, 3.63) is 196 Å². The molecule has 1 spiro atoms. The van der Waals surface area contributed by atoms with E-state index in [0.29, 0.717) is 0 Å². The van der Waals surface area contributed by atoms with Crippen LogP contribution >= 0.6 is 0 Å². The van der Waals surface area contributed by atoms with Gasteiger partial charge in [-0.3, -0.25) is 0 Å². The Hall–Kier alpha value is -5.66. The lowest BCUT2D eigenvalue weighted by atomic mass is 9.70. The Morgan fingerprint density at radius 1 is 0.346 bits per heavy atom. The molecule has 4 aliphatic carbocycles. The highest BCUT2D eigenvalue weighted by atomic mass is 15.1. The molecule has 7 aromatic rings. The minimum absolute atomic E-state index is 0.402. The first kappa shape index (κ1) is 30.0. The first-order chi connectivity index (χ1) is 25.8. The van der Waals surface area contributed by atoms with Crippen molar-refractivity contribution in [3.8, 4) is 33.4 Å². The van der Waals surface area contributed by atoms with Crippen LogP contribution in [0.25, 0.3) is 33.4 Å². The van der Waals surface area contributed by atoms with Crippen molar-refractivity contribution in [1.29, 1.82) is 0 Å². The van der Waals surface area contributed by atoms with E-state index in [2.05, 4.69) is 157 Å². The maximum Gasteiger partial charge on any atom is 0.0726 e. The van der Waals surface area contributed by atoms with Gasteiger partial charge in [0.1, 0.15) is 0 Å². The Bertz CT molecular complexity index is 2490. The van der Waals surface area contributed by atoms with Gasteiger partial charge in [0.25, 0.3) is 0 Å². The minimum atomic E-state index is -0.402. The molecule has 52 heavy (non-hydrogen) atoms. The third kappa shape index (κ3) is 4.17. The molecular formula is C51H41N. The van der Waals surface area contributed by atoms with Crippen LogP contribution in [0.1, 0.15) is 70.2 Å². The first-order valence-electron chi connectivity index (χ1n) is 19.4. The monoisotopic (exact) mass is 667 g/mol. The second-order valence-electron chi connectivity index (χ2n) is 15.2. The third-order valence-corrected chi connectivity index (χ3v) is 12.7. The quantitative estimate of drug-likeness (QED) is 0.181. The van der Waals surface area contributed by atoms with Gasteiger partial charge in [-0.25, -0.2) is 0 Å². The SMILES string of the molecule is c1ccc(N(c2cc3c(cc2-c2cccc4c2CCCC4)-c2ccccc2C32c3ccccc3-c3ccccc32)c2cccc3c2CCCC3)cc1. The van der Waals surface area contributed by atoms with E-state index < -0.39 is 5.41 Å². The second-order valence-corrected chi connectivity index (χ2v) is 15.2. The predicted octanol–water partition coefficient (Wildman–Crippen LogP) is 12.9. The zero-order valence-corrected chi connectivity index (χ0v) is 29.5. The topological polar surface area (TPSA) is 3.24 Å². The second kappa shape index (κ2) is 11.7. The number of benzene rings is 7. The molecular weight excluding hydrogens is 627 g/mol. The van der Waals surface area contributed by atoms with E-state index in [1.54, 1.807) is 0 Å². The van der Waals surface area contributed by atoms with Crippen molar-refractivity contribution >= 4 is 17.1 Å². The summed E-state index contributed by atoms with van der Waals surface area (Å²) in [5, 5.41) is 0. The van der Waals surface area contributed by atoms with E-state index in [0.717, 1.165) is 25.7 Å². The predicted molar refractivity (Wildman–Crippen MR) is 216 cm³/mol. The Kier molecular flexibility index (Phi) is 6.74. The highest BCUT2D eigenvalue weighted by Gasteiger charge is 2.52. The fourth-order valence-corrected chi connectivity index (χ4v) is 10.5. The van der Waals surface area contributed by atoms with E-state index in [-0.39, 0.29) is 0 Å². The van der Waals surface area contributed by atoms with Crippen molar-refractivity contribution in [2.24, 2.45) is 0 Å². The van der Waals surface area contributed by atoms with Gasteiger partial charge < -0.3 is 4.90 Å². The molecule has 0 atom stereocenters. The van der Waals surface area contributed by atoms with Gasteiger partial charge in [-0.05, 0) is 154 Å². The van der Waals surface area contributed by atoms with Crippen LogP contribution in [0.15, 0.2) is 152 Å². The van der Waals surface area contributed by atoms with Crippen LogP contribution in [0.5, 0.6) is 0 Å². The van der Waals surface area contributed by atoms with Crippen molar-refractivity contribution < 1.29 is 0 Å². The smallest absolute Gasteiger partial charge is 0.0726 e. The average Bonchev–Trinajstić information content (AvgIpc) is 3.68. The molecule has 0 fully saturated rings. The lowest BCUT2D eigenvalue weighted by molar-refractivity contribution is 0.685. The molecule has 250 valence electrons. The van der Waals surface area contributed by atoms with Gasteiger partial charge in [0.05, 0.1) is 11.1 Å². The Labute approximate surface area is 307 Å². The molecule has 0 radical (unpaired) electrons. The number of aryl methyl sites for hydroxylation is 2. The summed E-state index contributed by atoms with van der Waals surface area (Å²) >= 11 is 0. The largest absolute Gasteiger partial charge is 0.310 e. The highest BCUT2D eigenvalue weighted by molar-refractivity contribution is 6.00. The standard InChI is InChI=1S/C51H41N/c1-2-20-36(21-3-1)52(49-31-15-19-35-17-5-7-23-38(35)49)50-33-48-43(32-44(50)39-27-14-18-34-16-4-6-22-37(34)39)42-26-10-13-30-47(42)51(48)45-28-11-8-24-40(45)41-25-9-12-29-46(41)51/h1-3,8-15,18-21,24-33H,4-7,16-17,22-23H2. The van der Waals surface area contributed by atoms with Gasteiger partial charge in [-0.15, -0.1) is 0 Å². The molecule has 0 amide bonds. The van der Waals surface area contributed by atoms with E-state index in [9.17, 15) is 0 Å². The summed E-state index contributed by atoms with van der Waals surface area (Å²) in [6.07, 6.45) is 9.59. The highest BCUT2D eigenvalue weighted by Crippen LogP contribution is 2.64. The molecule has 0 aliphatic heterocycles. The molecule has 0 unspecified atom stereocenters. The maximum atomic E-state index is 2.63. The van der Waals surface area contributed by atoms with Crippen molar-refractivity contribution in [3.63, 3.8) is 0 Å². The van der Waals surface area contributed by atoms with Crippen LogP contribution in [0.3, 0.4) is 0 Å². The van der Waals surface area contributed by atoms with Crippen LogP contribution in [-0.4, -0.2) is 0 Å². The summed E-state index contributed by atoms with van der Waals surface area (Å²) in [5.41, 5.74) is 23.2. The molecule has 0 heterocycles. The lowest BCUT2D eigenvalue weighted by Crippen LogP contribution is -2.26. The van der Waals surface area contributed by atoms with E-state index in [4.69, 9.17) is 0 Å². The van der Waals surface area contributed by atoms with E-state index in [1.807, 2.05) is 0 Å². The van der Waals surface area contributed by atoms with Crippen LogP contribution < -0.4 is 4.90 Å². The molecule has 4 aliphatic rings. The summed E-state index contributed by atoms with van der Waals surface area (Å²) in [6, 6.07) is 58.2. The van der Waals surface area contributed by atoms with Gasteiger partial charge in [0.2, 0.25) is 0 Å². The van der Waals surface area contributed by atoms with Gasteiger partial charge in [-0.2, -0.15) is 0 Å². The Morgan fingerprint density at radius 3 is 1.54 bits per heavy atom. The van der Waals surface area contributed by atoms with Crippen molar-refractivity contribution in [1.82, 2.24) is 0 Å². The van der Waals surface area contributed by atoms with Gasteiger partial charge >= 0.3 is 0 Å². The number of anilines is 3. The molecule has 7 aromatic carbocycles. The molecule has 11 rings (SSSR count). The Balaban J connectivity index is 1.29. The lowest BCUT2D eigenvalue weighted by Gasteiger charge is -2.35. The Morgan fingerprint density at radius 2 is 0.865 bits per heavy atom. The van der Waals surface area contributed by atoms with E-state index in [1.165, 1.54) is 121 Å². The summed E-state index contributed by atoms with van der Waals surface area (Å²) in [5.74, 6) is 0. The number of para-hydroxylation sites is 1. The van der Waals surface area contributed by atoms with Crippen LogP contribution in [0, 0.1) is 0 Å². The zero-order chi connectivity index (χ0) is 34.2. The zero-order valence-electron chi connectivity index (χ0n) is 29.5. The van der Waals surface area contributed by atoms with Crippen LogP contribution in [0.2, 0.25) is 0 Å². The molecule has 0 N–H and O–H groups in total. The number of hydrogen-bond acceptors (Lipinski definition) is 1. The fraction of sp³-hybridized carbons (Fsp3) is 0.176. The van der Waals surface area contributed by atoms with Crippen LogP contribution in [0.4, 0.5) is 17.1 Å². The molecule has 1 heteroatoms. The summed E-state index contributed by atoms with van der Waals surface area (Å²) < 4.78 is 0. The van der Waals surface area contributed by atoms with Crippen molar-refractivity contribution in [2.45, 2.75) is 56.8 Å². The number of hydrogen-bond donors (Lipinski definition) is 0. The maximum absolute atomic E-state index is 2.63. The minimum Gasteiger partial charge on any atom is -0.310 e.